The number of nitrogens with zero attached hydrogens (tertiary/aromatic N) is 2. The van der Waals surface area contributed by atoms with E-state index in [9.17, 15) is 9.18 Å². The molecule has 0 aliphatic carbocycles. The predicted octanol–water partition coefficient (Wildman–Crippen LogP) is 3.25. The number of aromatic nitrogens is 2. The summed E-state index contributed by atoms with van der Waals surface area (Å²) in [6.45, 7) is 1.88. The Bertz CT molecular complexity index is 587. The number of aryl methyl sites for hydroxylation is 1. The molecule has 0 saturated heterocycles. The zero-order valence-corrected chi connectivity index (χ0v) is 11.8. The van der Waals surface area contributed by atoms with Gasteiger partial charge in [-0.25, -0.2) is 4.39 Å². The Morgan fingerprint density at radius 2 is 2.33 bits per heavy atom. The molecule has 7 heteroatoms. The second-order valence-electron chi connectivity index (χ2n) is 3.48. The molecular weight excluding hydrogens is 321 g/mol. The molecule has 4 nitrogen and oxygen atoms in total. The van der Waals surface area contributed by atoms with Gasteiger partial charge in [0.15, 0.2) is 0 Å². The van der Waals surface area contributed by atoms with Gasteiger partial charge in [-0.1, -0.05) is 27.3 Å². The fraction of sp³-hybridized carbons (Fsp3) is 0.182. The first-order chi connectivity index (χ1) is 8.61. The van der Waals surface area contributed by atoms with Crippen molar-refractivity contribution in [1.29, 1.82) is 0 Å². The maximum atomic E-state index is 13.5. The summed E-state index contributed by atoms with van der Waals surface area (Å²) < 4.78 is 17.9. The van der Waals surface area contributed by atoms with E-state index in [1.807, 2.05) is 6.92 Å². The van der Waals surface area contributed by atoms with Gasteiger partial charge in [-0.15, -0.1) is 5.10 Å². The molecule has 1 amide bonds. The normalized spacial score (nSPS) is 10.4. The molecule has 2 aromatic rings. The van der Waals surface area contributed by atoms with Crippen LogP contribution < -0.4 is 5.32 Å². The van der Waals surface area contributed by atoms with Crippen LogP contribution in [0.25, 0.3) is 0 Å². The number of halogens is 2. The smallest absolute Gasteiger partial charge is 0.269 e. The van der Waals surface area contributed by atoms with E-state index in [-0.39, 0.29) is 11.6 Å². The van der Waals surface area contributed by atoms with Crippen LogP contribution in [0, 0.1) is 5.82 Å². The second-order valence-corrected chi connectivity index (χ2v) is 5.15. The van der Waals surface area contributed by atoms with Crippen LogP contribution in [0.3, 0.4) is 0 Å². The molecule has 1 aromatic heterocycles. The molecule has 0 unspecified atom stereocenters. The van der Waals surface area contributed by atoms with Crippen molar-refractivity contribution in [2.45, 2.75) is 13.3 Å². The molecule has 0 bridgehead atoms. The van der Waals surface area contributed by atoms with Crippen LogP contribution in [-0.4, -0.2) is 15.5 Å². The summed E-state index contributed by atoms with van der Waals surface area (Å²) in [7, 11) is 0. The maximum absolute atomic E-state index is 13.5. The topological polar surface area (TPSA) is 54.9 Å². The van der Waals surface area contributed by atoms with Crippen molar-refractivity contribution < 1.29 is 9.18 Å². The number of amides is 1. The number of nitrogens with one attached hydrogen (secondary N) is 1. The van der Waals surface area contributed by atoms with Gasteiger partial charge in [0.25, 0.3) is 5.91 Å². The van der Waals surface area contributed by atoms with E-state index in [0.717, 1.165) is 11.5 Å². The minimum Gasteiger partial charge on any atom is -0.319 e. The molecule has 0 spiro atoms. The molecule has 1 aromatic carbocycles. The highest BCUT2D eigenvalue weighted by molar-refractivity contribution is 9.10. The van der Waals surface area contributed by atoms with Crippen LogP contribution >= 0.6 is 27.5 Å². The third kappa shape index (κ3) is 2.73. The van der Waals surface area contributed by atoms with Crippen LogP contribution in [0.4, 0.5) is 10.1 Å². The maximum Gasteiger partial charge on any atom is 0.269 e. The SMILES string of the molecule is CCc1nnsc1C(=O)Nc1cc(Br)ccc1F. The number of carbonyl (C=O) groups excluding carboxylic acids is 1. The number of carbonyl (C=O) groups is 1. The molecule has 0 aliphatic rings. The summed E-state index contributed by atoms with van der Waals surface area (Å²) in [4.78, 5) is 12.4. The van der Waals surface area contributed by atoms with Crippen LogP contribution in [0.1, 0.15) is 22.3 Å². The van der Waals surface area contributed by atoms with E-state index in [0.29, 0.717) is 21.5 Å². The Balaban J connectivity index is 2.24. The number of anilines is 1. The van der Waals surface area contributed by atoms with Crippen molar-refractivity contribution in [3.05, 3.63) is 39.1 Å². The van der Waals surface area contributed by atoms with Crippen molar-refractivity contribution in [1.82, 2.24) is 9.59 Å². The molecule has 0 aliphatic heterocycles. The first-order valence-corrected chi connectivity index (χ1v) is 6.76. The highest BCUT2D eigenvalue weighted by Crippen LogP contribution is 2.21. The summed E-state index contributed by atoms with van der Waals surface area (Å²) in [6, 6.07) is 4.36. The molecule has 1 heterocycles. The summed E-state index contributed by atoms with van der Waals surface area (Å²) in [5, 5.41) is 6.36. The summed E-state index contributed by atoms with van der Waals surface area (Å²) in [5.41, 5.74) is 0.748. The van der Waals surface area contributed by atoms with Gasteiger partial charge in [0, 0.05) is 4.47 Å². The van der Waals surface area contributed by atoms with E-state index in [4.69, 9.17) is 0 Å². The molecular formula is C11H9BrFN3OS. The monoisotopic (exact) mass is 329 g/mol. The standard InChI is InChI=1S/C11H9BrFN3OS/c1-2-8-10(18-16-15-8)11(17)14-9-5-6(12)3-4-7(9)13/h3-5H,2H2,1H3,(H,14,17). The third-order valence-electron chi connectivity index (χ3n) is 2.27. The Labute approximate surface area is 116 Å². The Hall–Kier alpha value is -1.34. The van der Waals surface area contributed by atoms with Gasteiger partial charge in [-0.05, 0) is 36.2 Å². The van der Waals surface area contributed by atoms with E-state index < -0.39 is 5.82 Å². The zero-order valence-electron chi connectivity index (χ0n) is 9.41. The highest BCUT2D eigenvalue weighted by atomic mass is 79.9. The minimum absolute atomic E-state index is 0.129. The fourth-order valence-corrected chi connectivity index (χ4v) is 2.39. The van der Waals surface area contributed by atoms with Crippen LogP contribution in [0.2, 0.25) is 0 Å². The molecule has 18 heavy (non-hydrogen) atoms. The van der Waals surface area contributed by atoms with Crippen molar-refractivity contribution in [3.8, 4) is 0 Å². The zero-order chi connectivity index (χ0) is 13.1. The lowest BCUT2D eigenvalue weighted by molar-refractivity contribution is 0.102. The summed E-state index contributed by atoms with van der Waals surface area (Å²) in [6.07, 6.45) is 0.611. The van der Waals surface area contributed by atoms with Crippen molar-refractivity contribution in [2.75, 3.05) is 5.32 Å². The largest absolute Gasteiger partial charge is 0.319 e. The van der Waals surface area contributed by atoms with Crippen LogP contribution in [-0.2, 0) is 6.42 Å². The van der Waals surface area contributed by atoms with Gasteiger partial charge >= 0.3 is 0 Å². The lowest BCUT2D eigenvalue weighted by Gasteiger charge is -2.05. The third-order valence-corrected chi connectivity index (χ3v) is 3.53. The molecule has 2 rings (SSSR count). The Morgan fingerprint density at radius 3 is 3.06 bits per heavy atom. The van der Waals surface area contributed by atoms with Crippen molar-refractivity contribution >= 4 is 39.1 Å². The van der Waals surface area contributed by atoms with Crippen molar-refractivity contribution in [3.63, 3.8) is 0 Å². The van der Waals surface area contributed by atoms with Gasteiger partial charge in [0.05, 0.1) is 11.4 Å². The van der Waals surface area contributed by atoms with E-state index >= 15 is 0 Å². The van der Waals surface area contributed by atoms with E-state index in [2.05, 4.69) is 30.8 Å². The second kappa shape index (κ2) is 5.53. The number of hydrogen-bond donors (Lipinski definition) is 1. The highest BCUT2D eigenvalue weighted by Gasteiger charge is 2.16. The average Bonchev–Trinajstić information content (AvgIpc) is 2.82. The molecule has 0 fully saturated rings. The Morgan fingerprint density at radius 1 is 1.56 bits per heavy atom. The quantitative estimate of drug-likeness (QED) is 0.940. The van der Waals surface area contributed by atoms with Gasteiger partial charge in [0.2, 0.25) is 0 Å². The van der Waals surface area contributed by atoms with E-state index in [1.165, 1.54) is 12.1 Å². The number of rotatable bonds is 3. The van der Waals surface area contributed by atoms with Gasteiger partial charge < -0.3 is 5.32 Å². The number of benzene rings is 1. The first-order valence-electron chi connectivity index (χ1n) is 5.19. The van der Waals surface area contributed by atoms with Crippen LogP contribution in [0.5, 0.6) is 0 Å². The Kier molecular flexibility index (Phi) is 4.03. The van der Waals surface area contributed by atoms with Crippen molar-refractivity contribution in [2.24, 2.45) is 0 Å². The fourth-order valence-electron chi connectivity index (χ4n) is 1.38. The van der Waals surface area contributed by atoms with Crippen LogP contribution in [0.15, 0.2) is 22.7 Å². The number of hydrogen-bond acceptors (Lipinski definition) is 4. The average molecular weight is 330 g/mol. The summed E-state index contributed by atoms with van der Waals surface area (Å²) >= 11 is 4.23. The summed E-state index contributed by atoms with van der Waals surface area (Å²) in [5.74, 6) is -0.874. The lowest BCUT2D eigenvalue weighted by atomic mass is 10.2. The lowest BCUT2D eigenvalue weighted by Crippen LogP contribution is -2.13. The molecule has 0 radical (unpaired) electrons. The predicted molar refractivity (Wildman–Crippen MR) is 71.3 cm³/mol. The van der Waals surface area contributed by atoms with Gasteiger partial charge in [-0.2, -0.15) is 0 Å². The first kappa shape index (κ1) is 13.1. The van der Waals surface area contributed by atoms with Gasteiger partial charge in [0.1, 0.15) is 10.7 Å². The molecule has 94 valence electrons. The van der Waals surface area contributed by atoms with Gasteiger partial charge in [-0.3, -0.25) is 4.79 Å². The molecule has 1 N–H and O–H groups in total. The minimum atomic E-state index is -0.484. The molecule has 0 atom stereocenters. The van der Waals surface area contributed by atoms with E-state index in [1.54, 1.807) is 6.07 Å². The molecule has 0 saturated carbocycles.